The van der Waals surface area contributed by atoms with Gasteiger partial charge in [-0.05, 0) is 43.2 Å². The van der Waals surface area contributed by atoms with Crippen molar-refractivity contribution < 1.29 is 14.3 Å². The van der Waals surface area contributed by atoms with Crippen LogP contribution in [0.2, 0.25) is 0 Å². The van der Waals surface area contributed by atoms with Gasteiger partial charge in [-0.25, -0.2) is 4.79 Å². The number of rotatable bonds is 3. The first-order valence-electron chi connectivity index (χ1n) is 7.97. The van der Waals surface area contributed by atoms with Crippen molar-refractivity contribution >= 4 is 12.0 Å². The zero-order valence-corrected chi connectivity index (χ0v) is 12.7. The topological polar surface area (TPSA) is 72.6 Å². The molecule has 1 fully saturated rings. The summed E-state index contributed by atoms with van der Waals surface area (Å²) >= 11 is 0. The Morgan fingerprint density at radius 3 is 2.86 bits per heavy atom. The van der Waals surface area contributed by atoms with E-state index in [2.05, 4.69) is 6.07 Å². The Hall–Kier alpha value is -2.04. The van der Waals surface area contributed by atoms with Crippen molar-refractivity contribution in [1.29, 1.82) is 0 Å². The number of carbonyl (C=O) groups excluding carboxylic acids is 2. The fourth-order valence-corrected chi connectivity index (χ4v) is 3.58. The van der Waals surface area contributed by atoms with Crippen LogP contribution in [0.15, 0.2) is 24.3 Å². The largest absolute Gasteiger partial charge is 0.463 e. The Bertz CT molecular complexity index is 573. The first kappa shape index (κ1) is 14.9. The van der Waals surface area contributed by atoms with E-state index in [0.717, 1.165) is 37.7 Å². The highest BCUT2D eigenvalue weighted by atomic mass is 16.5. The number of hydrogen-bond donors (Lipinski definition) is 1. The average Bonchev–Trinajstić information content (AvgIpc) is 3.01. The van der Waals surface area contributed by atoms with Gasteiger partial charge in [0.25, 0.3) is 0 Å². The number of aryl methyl sites for hydroxylation is 1. The number of nitrogens with zero attached hydrogens (tertiary/aromatic N) is 1. The Morgan fingerprint density at radius 2 is 2.05 bits per heavy atom. The molecule has 1 aliphatic heterocycles. The summed E-state index contributed by atoms with van der Waals surface area (Å²) in [6.45, 7) is 0.907. The average molecular weight is 302 g/mol. The van der Waals surface area contributed by atoms with Crippen LogP contribution in [0.25, 0.3) is 0 Å². The minimum Gasteiger partial charge on any atom is -0.463 e. The molecule has 3 rings (SSSR count). The maximum Gasteiger partial charge on any atom is 0.315 e. The van der Waals surface area contributed by atoms with E-state index in [9.17, 15) is 9.59 Å². The predicted octanol–water partition coefficient (Wildman–Crippen LogP) is 2.19. The van der Waals surface area contributed by atoms with Gasteiger partial charge in [-0.3, -0.25) is 4.79 Å². The van der Waals surface area contributed by atoms with Gasteiger partial charge in [-0.1, -0.05) is 24.3 Å². The summed E-state index contributed by atoms with van der Waals surface area (Å²) in [7, 11) is 0. The number of carbonyl (C=O) groups is 2. The summed E-state index contributed by atoms with van der Waals surface area (Å²) in [5.41, 5.74) is 7.69. The molecule has 2 aliphatic rings. The molecule has 1 heterocycles. The van der Waals surface area contributed by atoms with E-state index in [-0.39, 0.29) is 24.5 Å². The molecule has 0 radical (unpaired) electrons. The van der Waals surface area contributed by atoms with Gasteiger partial charge >= 0.3 is 12.0 Å². The van der Waals surface area contributed by atoms with Crippen molar-refractivity contribution in [2.75, 3.05) is 13.2 Å². The SMILES string of the molecule is NC(=O)N1CCC[C@H]1COC(=O)[C@H]1CCCc2ccccc21. The molecule has 5 nitrogen and oxygen atoms in total. The van der Waals surface area contributed by atoms with Gasteiger partial charge in [-0.2, -0.15) is 0 Å². The summed E-state index contributed by atoms with van der Waals surface area (Å²) in [5, 5.41) is 0. The molecular weight excluding hydrogens is 280 g/mol. The molecule has 0 aromatic heterocycles. The molecule has 118 valence electrons. The molecule has 0 unspecified atom stereocenters. The van der Waals surface area contributed by atoms with E-state index in [1.807, 2.05) is 18.2 Å². The van der Waals surface area contributed by atoms with E-state index >= 15 is 0 Å². The maximum absolute atomic E-state index is 12.4. The van der Waals surface area contributed by atoms with Crippen molar-refractivity contribution in [2.45, 2.75) is 44.1 Å². The number of nitrogens with two attached hydrogens (primary N) is 1. The molecule has 5 heteroatoms. The number of fused-ring (bicyclic) bond motifs is 1. The Kier molecular flexibility index (Phi) is 4.32. The highest BCUT2D eigenvalue weighted by Crippen LogP contribution is 2.32. The molecule has 0 saturated carbocycles. The predicted molar refractivity (Wildman–Crippen MR) is 82.4 cm³/mol. The summed E-state index contributed by atoms with van der Waals surface area (Å²) < 4.78 is 5.51. The van der Waals surface area contributed by atoms with Crippen molar-refractivity contribution in [3.8, 4) is 0 Å². The lowest BCUT2D eigenvalue weighted by Gasteiger charge is -2.26. The summed E-state index contributed by atoms with van der Waals surface area (Å²) in [5.74, 6) is -0.350. The van der Waals surface area contributed by atoms with Gasteiger partial charge in [0.05, 0.1) is 12.0 Å². The first-order chi connectivity index (χ1) is 10.7. The maximum atomic E-state index is 12.4. The van der Waals surface area contributed by atoms with Crippen molar-refractivity contribution in [2.24, 2.45) is 5.73 Å². The van der Waals surface area contributed by atoms with E-state index in [4.69, 9.17) is 10.5 Å². The van der Waals surface area contributed by atoms with Crippen LogP contribution in [-0.2, 0) is 16.0 Å². The van der Waals surface area contributed by atoms with Crippen LogP contribution in [0.1, 0.15) is 42.7 Å². The number of amides is 2. The number of esters is 1. The van der Waals surface area contributed by atoms with Crippen molar-refractivity contribution in [1.82, 2.24) is 4.90 Å². The van der Waals surface area contributed by atoms with Gasteiger partial charge in [0, 0.05) is 6.54 Å². The second-order valence-electron chi connectivity index (χ2n) is 6.10. The molecule has 2 amide bonds. The van der Waals surface area contributed by atoms with Gasteiger partial charge in [0.2, 0.25) is 0 Å². The lowest BCUT2D eigenvalue weighted by Crippen LogP contribution is -2.42. The third kappa shape index (κ3) is 2.93. The highest BCUT2D eigenvalue weighted by molar-refractivity contribution is 5.79. The van der Waals surface area contributed by atoms with Crippen LogP contribution in [0.3, 0.4) is 0 Å². The van der Waals surface area contributed by atoms with E-state index in [0.29, 0.717) is 6.54 Å². The number of ether oxygens (including phenoxy) is 1. The van der Waals surface area contributed by atoms with E-state index in [1.54, 1.807) is 4.90 Å². The second kappa shape index (κ2) is 6.38. The monoisotopic (exact) mass is 302 g/mol. The third-order valence-corrected chi connectivity index (χ3v) is 4.73. The van der Waals surface area contributed by atoms with E-state index in [1.165, 1.54) is 5.56 Å². The van der Waals surface area contributed by atoms with Crippen LogP contribution in [-0.4, -0.2) is 36.1 Å². The summed E-state index contributed by atoms with van der Waals surface area (Å²) in [4.78, 5) is 25.4. The van der Waals surface area contributed by atoms with Crippen LogP contribution >= 0.6 is 0 Å². The smallest absolute Gasteiger partial charge is 0.315 e. The molecule has 2 atom stereocenters. The number of urea groups is 1. The van der Waals surface area contributed by atoms with Crippen LogP contribution in [0, 0.1) is 0 Å². The Labute approximate surface area is 130 Å². The zero-order valence-electron chi connectivity index (χ0n) is 12.7. The fraction of sp³-hybridized carbons (Fsp3) is 0.529. The summed E-state index contributed by atoms with van der Waals surface area (Å²) in [6.07, 6.45) is 4.63. The molecular formula is C17H22N2O3. The van der Waals surface area contributed by atoms with Crippen molar-refractivity contribution in [3.63, 3.8) is 0 Å². The fourth-order valence-electron chi connectivity index (χ4n) is 3.58. The Balaban J connectivity index is 1.62. The molecule has 22 heavy (non-hydrogen) atoms. The number of likely N-dealkylation sites (tertiary alicyclic amines) is 1. The van der Waals surface area contributed by atoms with Gasteiger partial charge < -0.3 is 15.4 Å². The number of hydrogen-bond acceptors (Lipinski definition) is 3. The second-order valence-corrected chi connectivity index (χ2v) is 6.10. The zero-order chi connectivity index (χ0) is 15.5. The molecule has 0 spiro atoms. The van der Waals surface area contributed by atoms with Crippen molar-refractivity contribution in [3.05, 3.63) is 35.4 Å². The highest BCUT2D eigenvalue weighted by Gasteiger charge is 2.31. The van der Waals surface area contributed by atoms with Crippen LogP contribution in [0.5, 0.6) is 0 Å². The van der Waals surface area contributed by atoms with Gasteiger partial charge in [-0.15, -0.1) is 0 Å². The van der Waals surface area contributed by atoms with Crippen LogP contribution < -0.4 is 5.73 Å². The molecule has 1 saturated heterocycles. The quantitative estimate of drug-likeness (QED) is 0.870. The van der Waals surface area contributed by atoms with E-state index < -0.39 is 6.03 Å². The van der Waals surface area contributed by atoms with Gasteiger partial charge in [0.1, 0.15) is 6.61 Å². The molecule has 2 N–H and O–H groups in total. The minimum absolute atomic E-state index is 0.0692. The van der Waals surface area contributed by atoms with Crippen LogP contribution in [0.4, 0.5) is 4.79 Å². The lowest BCUT2D eigenvalue weighted by molar-refractivity contribution is -0.147. The number of benzene rings is 1. The standard InChI is InChI=1S/C17H22N2O3/c18-17(21)19-10-4-7-13(19)11-22-16(20)15-9-3-6-12-5-1-2-8-14(12)15/h1-2,5,8,13,15H,3-4,6-7,9-11H2,(H2,18,21)/t13-,15-/m0/s1. The third-order valence-electron chi connectivity index (χ3n) is 4.73. The summed E-state index contributed by atoms with van der Waals surface area (Å²) in [6, 6.07) is 7.58. The normalized spacial score (nSPS) is 23.9. The Morgan fingerprint density at radius 1 is 1.23 bits per heavy atom. The number of primary amides is 1. The molecule has 1 aromatic carbocycles. The lowest BCUT2D eigenvalue weighted by atomic mass is 9.83. The van der Waals surface area contributed by atoms with Gasteiger partial charge in [0.15, 0.2) is 0 Å². The molecule has 1 aliphatic carbocycles. The molecule has 1 aromatic rings. The molecule has 0 bridgehead atoms. The minimum atomic E-state index is -0.429. The first-order valence-corrected chi connectivity index (χ1v) is 7.97.